The van der Waals surface area contributed by atoms with E-state index >= 15 is 0 Å². The SMILES string of the molecule is CC(C)CN1CCn2nc(CNC(=O)Cc3c[nH]c4ccccc34)cc2C1. The number of fused-ring (bicyclic) bond motifs is 2. The van der Waals surface area contributed by atoms with Crippen LogP contribution in [0.25, 0.3) is 10.9 Å². The molecule has 0 aliphatic carbocycles. The highest BCUT2D eigenvalue weighted by Crippen LogP contribution is 2.18. The highest BCUT2D eigenvalue weighted by Gasteiger charge is 2.19. The predicted molar refractivity (Wildman–Crippen MR) is 106 cm³/mol. The second-order valence-corrected chi connectivity index (χ2v) is 7.79. The first-order valence-electron chi connectivity index (χ1n) is 9.68. The van der Waals surface area contributed by atoms with Crippen molar-refractivity contribution in [3.05, 3.63) is 53.5 Å². The molecular weight excluding hydrogens is 338 g/mol. The Bertz CT molecular complexity index is 939. The maximum Gasteiger partial charge on any atom is 0.224 e. The molecule has 1 aliphatic rings. The van der Waals surface area contributed by atoms with Gasteiger partial charge in [0.15, 0.2) is 0 Å². The number of aromatic nitrogens is 3. The van der Waals surface area contributed by atoms with Gasteiger partial charge in [-0.25, -0.2) is 0 Å². The van der Waals surface area contributed by atoms with Crippen LogP contribution in [0.5, 0.6) is 0 Å². The smallest absolute Gasteiger partial charge is 0.224 e. The van der Waals surface area contributed by atoms with Gasteiger partial charge in [0.2, 0.25) is 5.91 Å². The van der Waals surface area contributed by atoms with Crippen molar-refractivity contribution in [2.24, 2.45) is 5.92 Å². The molecule has 0 fully saturated rings. The third-order valence-electron chi connectivity index (χ3n) is 5.04. The van der Waals surface area contributed by atoms with Crippen LogP contribution >= 0.6 is 0 Å². The fourth-order valence-electron chi connectivity index (χ4n) is 3.84. The molecule has 0 unspecified atom stereocenters. The minimum Gasteiger partial charge on any atom is -0.361 e. The molecule has 0 spiro atoms. The molecule has 3 heterocycles. The third-order valence-corrected chi connectivity index (χ3v) is 5.04. The molecular formula is C21H27N5O. The number of amides is 1. The monoisotopic (exact) mass is 365 g/mol. The van der Waals surface area contributed by atoms with Crippen LogP contribution in [0.2, 0.25) is 0 Å². The van der Waals surface area contributed by atoms with E-state index < -0.39 is 0 Å². The van der Waals surface area contributed by atoms with Crippen molar-refractivity contribution in [2.75, 3.05) is 13.1 Å². The summed E-state index contributed by atoms with van der Waals surface area (Å²) in [6, 6.07) is 10.2. The van der Waals surface area contributed by atoms with Gasteiger partial charge in [0, 0.05) is 36.7 Å². The average Bonchev–Trinajstić information content (AvgIpc) is 3.23. The van der Waals surface area contributed by atoms with Crippen molar-refractivity contribution in [3.8, 4) is 0 Å². The zero-order valence-electron chi connectivity index (χ0n) is 16.0. The summed E-state index contributed by atoms with van der Waals surface area (Å²) in [5.74, 6) is 0.690. The molecule has 3 aromatic rings. The molecule has 0 saturated carbocycles. The molecule has 1 aromatic carbocycles. The Labute approximate surface area is 159 Å². The number of rotatable bonds is 6. The minimum atomic E-state index is 0.0205. The van der Waals surface area contributed by atoms with Crippen LogP contribution in [0.1, 0.15) is 30.8 Å². The van der Waals surface area contributed by atoms with Gasteiger partial charge in [-0.3, -0.25) is 14.4 Å². The number of benzene rings is 1. The molecule has 0 atom stereocenters. The van der Waals surface area contributed by atoms with Gasteiger partial charge in [0.25, 0.3) is 0 Å². The quantitative estimate of drug-likeness (QED) is 0.706. The Hall–Kier alpha value is -2.60. The molecule has 0 bridgehead atoms. The van der Waals surface area contributed by atoms with E-state index in [1.165, 1.54) is 5.69 Å². The summed E-state index contributed by atoms with van der Waals surface area (Å²) in [6.07, 6.45) is 2.29. The van der Waals surface area contributed by atoms with Crippen molar-refractivity contribution in [3.63, 3.8) is 0 Å². The molecule has 27 heavy (non-hydrogen) atoms. The lowest BCUT2D eigenvalue weighted by atomic mass is 10.1. The summed E-state index contributed by atoms with van der Waals surface area (Å²) in [5.41, 5.74) is 4.26. The minimum absolute atomic E-state index is 0.0205. The molecule has 1 amide bonds. The third kappa shape index (κ3) is 4.06. The van der Waals surface area contributed by atoms with Gasteiger partial charge < -0.3 is 10.3 Å². The first kappa shape index (κ1) is 17.8. The molecule has 142 valence electrons. The lowest BCUT2D eigenvalue weighted by molar-refractivity contribution is -0.120. The van der Waals surface area contributed by atoms with Crippen molar-refractivity contribution >= 4 is 16.8 Å². The van der Waals surface area contributed by atoms with Crippen LogP contribution in [-0.2, 0) is 30.8 Å². The summed E-state index contributed by atoms with van der Waals surface area (Å²) in [5, 5.41) is 8.77. The highest BCUT2D eigenvalue weighted by molar-refractivity contribution is 5.88. The van der Waals surface area contributed by atoms with Gasteiger partial charge in [-0.05, 0) is 23.6 Å². The number of nitrogens with zero attached hydrogens (tertiary/aromatic N) is 3. The normalized spacial score (nSPS) is 14.6. The van der Waals surface area contributed by atoms with Crippen LogP contribution in [0.4, 0.5) is 0 Å². The Morgan fingerprint density at radius 1 is 1.30 bits per heavy atom. The van der Waals surface area contributed by atoms with Gasteiger partial charge in [-0.1, -0.05) is 32.0 Å². The van der Waals surface area contributed by atoms with Crippen LogP contribution in [0.3, 0.4) is 0 Å². The van der Waals surface area contributed by atoms with Crippen LogP contribution in [0, 0.1) is 5.92 Å². The zero-order chi connectivity index (χ0) is 18.8. The highest BCUT2D eigenvalue weighted by atomic mass is 16.1. The van der Waals surface area contributed by atoms with Crippen LogP contribution < -0.4 is 5.32 Å². The second-order valence-electron chi connectivity index (χ2n) is 7.79. The summed E-state index contributed by atoms with van der Waals surface area (Å²) in [6.45, 7) is 8.99. The molecule has 2 N–H and O–H groups in total. The lowest BCUT2D eigenvalue weighted by Crippen LogP contribution is -2.36. The largest absolute Gasteiger partial charge is 0.361 e. The number of nitrogens with one attached hydrogen (secondary N) is 2. The zero-order valence-corrected chi connectivity index (χ0v) is 16.0. The number of H-pyrrole nitrogens is 1. The summed E-state index contributed by atoms with van der Waals surface area (Å²) < 4.78 is 2.08. The van der Waals surface area contributed by atoms with E-state index in [0.29, 0.717) is 18.9 Å². The van der Waals surface area contributed by atoms with Crippen LogP contribution in [-0.4, -0.2) is 38.7 Å². The lowest BCUT2D eigenvalue weighted by Gasteiger charge is -2.28. The van der Waals surface area contributed by atoms with E-state index in [1.54, 1.807) is 0 Å². The molecule has 6 nitrogen and oxygen atoms in total. The van der Waals surface area contributed by atoms with E-state index in [4.69, 9.17) is 0 Å². The Kier molecular flexibility index (Phi) is 4.99. The maximum absolute atomic E-state index is 12.4. The topological polar surface area (TPSA) is 66.0 Å². The number of aromatic amines is 1. The Balaban J connectivity index is 1.34. The molecule has 2 aromatic heterocycles. The first-order chi connectivity index (χ1) is 13.1. The fraction of sp³-hybridized carbons (Fsp3) is 0.429. The maximum atomic E-state index is 12.4. The molecule has 6 heteroatoms. The van der Waals surface area contributed by atoms with Gasteiger partial charge in [0.1, 0.15) is 0 Å². The van der Waals surface area contributed by atoms with Gasteiger partial charge in [-0.15, -0.1) is 0 Å². The number of para-hydroxylation sites is 1. The Morgan fingerprint density at radius 3 is 3.00 bits per heavy atom. The van der Waals surface area contributed by atoms with Gasteiger partial charge in [-0.2, -0.15) is 5.10 Å². The second kappa shape index (κ2) is 7.56. The molecule has 0 radical (unpaired) electrons. The van der Waals surface area contributed by atoms with Crippen molar-refractivity contribution in [2.45, 2.75) is 39.9 Å². The predicted octanol–water partition coefficient (Wildman–Crippen LogP) is 2.69. The van der Waals surface area contributed by atoms with E-state index in [1.807, 2.05) is 30.5 Å². The number of hydrogen-bond acceptors (Lipinski definition) is 3. The Morgan fingerprint density at radius 2 is 2.15 bits per heavy atom. The first-order valence-corrected chi connectivity index (χ1v) is 9.68. The van der Waals surface area contributed by atoms with E-state index in [9.17, 15) is 4.79 Å². The van der Waals surface area contributed by atoms with Crippen molar-refractivity contribution in [1.29, 1.82) is 0 Å². The number of carbonyl (C=O) groups is 1. The fourth-order valence-corrected chi connectivity index (χ4v) is 3.84. The molecule has 0 saturated heterocycles. The standard InChI is InChI=1S/C21H27N5O/c1-15(2)13-25-7-8-26-18(14-25)10-17(24-26)12-23-21(27)9-16-11-22-20-6-4-3-5-19(16)20/h3-6,10-11,15,22H,7-9,12-14H2,1-2H3,(H,23,27). The average molecular weight is 365 g/mol. The summed E-state index contributed by atoms with van der Waals surface area (Å²) in [4.78, 5) is 18.1. The molecule has 4 rings (SSSR count). The van der Waals surface area contributed by atoms with Crippen molar-refractivity contribution in [1.82, 2.24) is 25.0 Å². The van der Waals surface area contributed by atoms with Crippen LogP contribution in [0.15, 0.2) is 36.5 Å². The van der Waals surface area contributed by atoms with Crippen molar-refractivity contribution < 1.29 is 4.79 Å². The number of carbonyl (C=O) groups excluding carboxylic acids is 1. The van der Waals surface area contributed by atoms with E-state index in [0.717, 1.165) is 48.3 Å². The van der Waals surface area contributed by atoms with Gasteiger partial charge in [0.05, 0.1) is 30.9 Å². The summed E-state index contributed by atoms with van der Waals surface area (Å²) >= 11 is 0. The summed E-state index contributed by atoms with van der Waals surface area (Å²) in [7, 11) is 0. The molecule has 1 aliphatic heterocycles. The van der Waals surface area contributed by atoms with E-state index in [2.05, 4.69) is 44.9 Å². The van der Waals surface area contributed by atoms with Gasteiger partial charge >= 0.3 is 0 Å². The number of hydrogen-bond donors (Lipinski definition) is 2. The van der Waals surface area contributed by atoms with E-state index in [-0.39, 0.29) is 5.91 Å².